The number of amides is 1. The average Bonchev–Trinajstić information content (AvgIpc) is 3.06. The van der Waals surface area contributed by atoms with Gasteiger partial charge in [-0.1, -0.05) is 0 Å². The van der Waals surface area contributed by atoms with Crippen LogP contribution in [0.4, 0.5) is 5.69 Å². The molecule has 4 rings (SSSR count). The zero-order chi connectivity index (χ0) is 21.9. The van der Waals surface area contributed by atoms with Crippen molar-refractivity contribution in [1.82, 2.24) is 13.9 Å². The molecule has 0 atom stereocenters. The Balaban J connectivity index is 0.000000199. The number of aliphatic hydroxyl groups is 1. The molecule has 30 heavy (non-hydrogen) atoms. The first-order valence-corrected chi connectivity index (χ1v) is 10.8. The summed E-state index contributed by atoms with van der Waals surface area (Å²) in [5.41, 5.74) is 2.48. The summed E-state index contributed by atoms with van der Waals surface area (Å²) in [6.07, 6.45) is 3.05. The molecule has 0 saturated carbocycles. The molecule has 0 spiro atoms. The largest absolute Gasteiger partial charge is 0.390 e. The summed E-state index contributed by atoms with van der Waals surface area (Å²) in [6, 6.07) is 8.40. The van der Waals surface area contributed by atoms with Crippen LogP contribution in [0.2, 0.25) is 0 Å². The number of aryl methyl sites for hydroxylation is 2. The number of H-pyrrole nitrogens is 1. The number of pyridine rings is 1. The van der Waals surface area contributed by atoms with E-state index in [0.29, 0.717) is 41.3 Å². The summed E-state index contributed by atoms with van der Waals surface area (Å²) in [4.78, 5) is 24.2. The molecule has 1 aromatic carbocycles. The van der Waals surface area contributed by atoms with E-state index in [1.807, 2.05) is 13.0 Å². The van der Waals surface area contributed by atoms with E-state index >= 15 is 0 Å². The van der Waals surface area contributed by atoms with E-state index in [1.54, 1.807) is 31.4 Å². The standard InChI is InChI=1S/C13H16N2O3S.C7H8N2O2/c1-9-5-10-7-11(8-16)14-13(10)12(6-9)19(17,18)15-3-2-4-15;1-9-3-2-6(8-5-10)4-7(9)11/h5-7,14,16H,2-4,8H2,1H3;2-5H,1H3,(H,8,10). The summed E-state index contributed by atoms with van der Waals surface area (Å²) in [7, 11) is -1.78. The molecule has 3 heterocycles. The van der Waals surface area contributed by atoms with Crippen molar-refractivity contribution in [1.29, 1.82) is 0 Å². The van der Waals surface area contributed by atoms with Crippen molar-refractivity contribution in [3.05, 3.63) is 58.1 Å². The lowest BCUT2D eigenvalue weighted by molar-refractivity contribution is -0.105. The van der Waals surface area contributed by atoms with Crippen LogP contribution in [-0.4, -0.2) is 46.9 Å². The molecular weight excluding hydrogens is 408 g/mol. The van der Waals surface area contributed by atoms with E-state index in [1.165, 1.54) is 14.9 Å². The van der Waals surface area contributed by atoms with Gasteiger partial charge in [0.15, 0.2) is 0 Å². The van der Waals surface area contributed by atoms with Crippen LogP contribution in [0, 0.1) is 6.92 Å². The number of carbonyl (C=O) groups is 1. The van der Waals surface area contributed by atoms with E-state index in [0.717, 1.165) is 17.4 Å². The van der Waals surface area contributed by atoms with Crippen molar-refractivity contribution in [3.8, 4) is 0 Å². The van der Waals surface area contributed by atoms with Gasteiger partial charge in [0.2, 0.25) is 16.4 Å². The maximum atomic E-state index is 12.5. The summed E-state index contributed by atoms with van der Waals surface area (Å²) in [6.45, 7) is 2.92. The highest BCUT2D eigenvalue weighted by Crippen LogP contribution is 2.29. The summed E-state index contributed by atoms with van der Waals surface area (Å²) < 4.78 is 28.0. The van der Waals surface area contributed by atoms with Gasteiger partial charge in [0.05, 0.1) is 12.1 Å². The number of nitrogens with one attached hydrogen (secondary N) is 2. The molecule has 1 fully saturated rings. The first kappa shape index (κ1) is 21.8. The normalized spacial score (nSPS) is 14.0. The number of carbonyl (C=O) groups excluding carboxylic acids is 1. The first-order chi connectivity index (χ1) is 14.3. The number of sulfonamides is 1. The second-order valence-corrected chi connectivity index (χ2v) is 8.97. The highest BCUT2D eigenvalue weighted by Gasteiger charge is 2.31. The summed E-state index contributed by atoms with van der Waals surface area (Å²) in [5, 5.41) is 12.4. The predicted octanol–water partition coefficient (Wildman–Crippen LogP) is 1.32. The number of rotatable bonds is 5. The van der Waals surface area contributed by atoms with Gasteiger partial charge < -0.3 is 20.0 Å². The second-order valence-electron chi connectivity index (χ2n) is 7.06. The van der Waals surface area contributed by atoms with E-state index in [2.05, 4.69) is 10.3 Å². The van der Waals surface area contributed by atoms with Crippen LogP contribution >= 0.6 is 0 Å². The Morgan fingerprint density at radius 3 is 2.53 bits per heavy atom. The first-order valence-electron chi connectivity index (χ1n) is 9.36. The molecular formula is C20H24N4O5S. The van der Waals surface area contributed by atoms with Crippen molar-refractivity contribution in [2.75, 3.05) is 18.4 Å². The number of aromatic amines is 1. The zero-order valence-electron chi connectivity index (χ0n) is 16.8. The molecule has 1 amide bonds. The lowest BCUT2D eigenvalue weighted by atomic mass is 10.2. The minimum Gasteiger partial charge on any atom is -0.390 e. The fourth-order valence-corrected chi connectivity index (χ4v) is 4.85. The van der Waals surface area contributed by atoms with Crippen LogP contribution in [0.25, 0.3) is 10.9 Å². The van der Waals surface area contributed by atoms with Gasteiger partial charge in [0, 0.05) is 49.2 Å². The Labute approximate surface area is 174 Å². The topological polar surface area (TPSA) is 124 Å². The number of aliphatic hydroxyl groups excluding tert-OH is 1. The molecule has 1 aliphatic heterocycles. The van der Waals surface area contributed by atoms with E-state index in [-0.39, 0.29) is 12.2 Å². The van der Waals surface area contributed by atoms with Crippen molar-refractivity contribution in [3.63, 3.8) is 0 Å². The lowest BCUT2D eigenvalue weighted by Crippen LogP contribution is -2.42. The minimum atomic E-state index is -3.43. The number of hydrogen-bond acceptors (Lipinski definition) is 5. The molecule has 0 unspecified atom stereocenters. The Morgan fingerprint density at radius 1 is 1.23 bits per heavy atom. The number of aromatic nitrogens is 2. The van der Waals surface area contributed by atoms with Crippen molar-refractivity contribution < 1.29 is 18.3 Å². The van der Waals surface area contributed by atoms with Gasteiger partial charge in [-0.2, -0.15) is 4.31 Å². The zero-order valence-corrected chi connectivity index (χ0v) is 17.6. The number of fused-ring (bicyclic) bond motifs is 1. The molecule has 3 N–H and O–H groups in total. The van der Waals surface area contributed by atoms with Gasteiger partial charge in [0.1, 0.15) is 4.90 Å². The fourth-order valence-electron chi connectivity index (χ4n) is 3.07. The van der Waals surface area contributed by atoms with Crippen LogP contribution in [0.15, 0.2) is 46.2 Å². The summed E-state index contributed by atoms with van der Waals surface area (Å²) in [5.74, 6) is 0. The van der Waals surface area contributed by atoms with E-state index in [9.17, 15) is 23.1 Å². The maximum absolute atomic E-state index is 12.5. The Bertz CT molecular complexity index is 1230. The number of anilines is 1. The Kier molecular flexibility index (Phi) is 6.40. The predicted molar refractivity (Wildman–Crippen MR) is 114 cm³/mol. The van der Waals surface area contributed by atoms with Crippen LogP contribution in [0.1, 0.15) is 17.7 Å². The molecule has 1 saturated heterocycles. The van der Waals surface area contributed by atoms with E-state index < -0.39 is 10.0 Å². The fraction of sp³-hybridized carbons (Fsp3) is 0.300. The van der Waals surface area contributed by atoms with Gasteiger partial charge in [0.25, 0.3) is 5.56 Å². The maximum Gasteiger partial charge on any atom is 0.252 e. The van der Waals surface area contributed by atoms with Gasteiger partial charge in [-0.25, -0.2) is 8.42 Å². The van der Waals surface area contributed by atoms with Crippen LogP contribution in [0.3, 0.4) is 0 Å². The quantitative estimate of drug-likeness (QED) is 0.525. The van der Waals surface area contributed by atoms with Crippen molar-refractivity contribution in [2.45, 2.75) is 24.8 Å². The molecule has 0 bridgehead atoms. The third-order valence-electron chi connectivity index (χ3n) is 4.83. The molecule has 2 aromatic heterocycles. The van der Waals surface area contributed by atoms with Crippen LogP contribution in [-0.2, 0) is 28.5 Å². The molecule has 160 valence electrons. The number of benzene rings is 1. The van der Waals surface area contributed by atoms with Gasteiger partial charge in [-0.3, -0.25) is 9.59 Å². The molecule has 0 aliphatic carbocycles. The van der Waals surface area contributed by atoms with Crippen LogP contribution < -0.4 is 10.9 Å². The van der Waals surface area contributed by atoms with Crippen LogP contribution in [0.5, 0.6) is 0 Å². The smallest absolute Gasteiger partial charge is 0.252 e. The van der Waals surface area contributed by atoms with Gasteiger partial charge in [-0.05, 0) is 43.2 Å². The number of hydrogen-bond donors (Lipinski definition) is 3. The van der Waals surface area contributed by atoms with Gasteiger partial charge in [-0.15, -0.1) is 0 Å². The third kappa shape index (κ3) is 4.45. The SMILES string of the molecule is Cc1cc(S(=O)(=O)N2CCC2)c2[nH]c(CO)cc2c1.Cn1ccc(NC=O)cc1=O. The van der Waals surface area contributed by atoms with Gasteiger partial charge >= 0.3 is 0 Å². The molecule has 1 aliphatic rings. The summed E-state index contributed by atoms with van der Waals surface area (Å²) >= 11 is 0. The number of nitrogens with zero attached hydrogens (tertiary/aromatic N) is 2. The second kappa shape index (κ2) is 8.82. The molecule has 3 aromatic rings. The minimum absolute atomic E-state index is 0.128. The Hall–Kier alpha value is -2.95. The van der Waals surface area contributed by atoms with E-state index in [4.69, 9.17) is 0 Å². The third-order valence-corrected chi connectivity index (χ3v) is 6.75. The average molecular weight is 433 g/mol. The highest BCUT2D eigenvalue weighted by molar-refractivity contribution is 7.89. The highest BCUT2D eigenvalue weighted by atomic mass is 32.2. The molecule has 9 nitrogen and oxygen atoms in total. The monoisotopic (exact) mass is 432 g/mol. The molecule has 10 heteroatoms. The van der Waals surface area contributed by atoms with Crippen molar-refractivity contribution in [2.24, 2.45) is 7.05 Å². The Morgan fingerprint density at radius 2 is 1.97 bits per heavy atom. The van der Waals surface area contributed by atoms with Crippen molar-refractivity contribution >= 4 is 33.0 Å². The molecule has 0 radical (unpaired) electrons. The lowest BCUT2D eigenvalue weighted by Gasteiger charge is -2.29.